The number of fused-ring (bicyclic) bond motifs is 1. The van der Waals surface area contributed by atoms with E-state index in [2.05, 4.69) is 13.0 Å². The van der Waals surface area contributed by atoms with Gasteiger partial charge in [-0.05, 0) is 42.7 Å². The van der Waals surface area contributed by atoms with E-state index in [1.165, 1.54) is 5.56 Å². The molecule has 0 amide bonds. The molecule has 0 spiro atoms. The highest BCUT2D eigenvalue weighted by Crippen LogP contribution is 2.46. The summed E-state index contributed by atoms with van der Waals surface area (Å²) < 4.78 is 6.06. The maximum absolute atomic E-state index is 9.52. The Bertz CT molecular complexity index is 631. The smallest absolute Gasteiger partial charge is 0.130 e. The van der Waals surface area contributed by atoms with Gasteiger partial charge < -0.3 is 14.9 Å². The van der Waals surface area contributed by atoms with Crippen LogP contribution in [-0.2, 0) is 6.42 Å². The number of benzene rings is 2. The molecule has 1 aliphatic heterocycles. The number of phenols is 1. The molecule has 2 aromatic rings. The standard InChI is InChI=1S/C18H20O3/c1-11(19)9-13-3-8-17-16(10-13)12(2)18(21-17)14-4-6-15(20)7-5-14/h3-8,10-12,18-20H,9H2,1-2H3. The van der Waals surface area contributed by atoms with Crippen LogP contribution in [0.4, 0.5) is 0 Å². The van der Waals surface area contributed by atoms with Crippen LogP contribution in [-0.4, -0.2) is 16.3 Å². The first kappa shape index (κ1) is 14.0. The van der Waals surface area contributed by atoms with E-state index < -0.39 is 0 Å². The molecule has 0 fully saturated rings. The van der Waals surface area contributed by atoms with Crippen molar-refractivity contribution in [1.82, 2.24) is 0 Å². The third-order valence-corrected chi connectivity index (χ3v) is 4.03. The van der Waals surface area contributed by atoms with E-state index in [4.69, 9.17) is 4.74 Å². The van der Waals surface area contributed by atoms with Crippen molar-refractivity contribution in [2.24, 2.45) is 0 Å². The average Bonchev–Trinajstić information content (AvgIpc) is 2.76. The molecule has 3 heteroatoms. The van der Waals surface area contributed by atoms with Crippen LogP contribution < -0.4 is 4.74 Å². The minimum absolute atomic E-state index is 0.0256. The fraction of sp³-hybridized carbons (Fsp3) is 0.333. The number of hydrogen-bond donors (Lipinski definition) is 2. The molecule has 2 N–H and O–H groups in total. The van der Waals surface area contributed by atoms with Gasteiger partial charge in [0, 0.05) is 11.5 Å². The Balaban J connectivity index is 1.88. The summed E-state index contributed by atoms with van der Waals surface area (Å²) in [6.07, 6.45) is 0.292. The van der Waals surface area contributed by atoms with E-state index >= 15 is 0 Å². The number of aliphatic hydroxyl groups is 1. The summed E-state index contributed by atoms with van der Waals surface area (Å²) in [7, 11) is 0. The molecule has 3 atom stereocenters. The van der Waals surface area contributed by atoms with Gasteiger partial charge in [0.25, 0.3) is 0 Å². The lowest BCUT2D eigenvalue weighted by Crippen LogP contribution is -2.07. The molecule has 3 rings (SSSR count). The molecule has 0 saturated heterocycles. The summed E-state index contributed by atoms with van der Waals surface area (Å²) in [6, 6.07) is 13.3. The predicted octanol–water partition coefficient (Wildman–Crippen LogP) is 3.55. The first-order valence-electron chi connectivity index (χ1n) is 7.31. The highest BCUT2D eigenvalue weighted by Gasteiger charge is 2.32. The molecule has 0 aliphatic carbocycles. The Morgan fingerprint density at radius 2 is 1.86 bits per heavy atom. The normalized spacial score (nSPS) is 21.7. The topological polar surface area (TPSA) is 49.7 Å². The van der Waals surface area contributed by atoms with Gasteiger partial charge in [-0.15, -0.1) is 0 Å². The lowest BCUT2D eigenvalue weighted by molar-refractivity contribution is 0.195. The van der Waals surface area contributed by atoms with E-state index in [9.17, 15) is 10.2 Å². The van der Waals surface area contributed by atoms with Gasteiger partial charge in [0.05, 0.1) is 6.10 Å². The molecule has 3 nitrogen and oxygen atoms in total. The monoisotopic (exact) mass is 284 g/mol. The van der Waals surface area contributed by atoms with Crippen LogP contribution >= 0.6 is 0 Å². The molecule has 3 unspecified atom stereocenters. The third kappa shape index (κ3) is 2.74. The van der Waals surface area contributed by atoms with Crippen molar-refractivity contribution in [3.63, 3.8) is 0 Å². The molecule has 0 saturated carbocycles. The third-order valence-electron chi connectivity index (χ3n) is 4.03. The van der Waals surface area contributed by atoms with Crippen LogP contribution in [0.1, 0.15) is 42.6 Å². The molecule has 0 aromatic heterocycles. The largest absolute Gasteiger partial charge is 0.508 e. The van der Waals surface area contributed by atoms with Crippen LogP contribution in [0.2, 0.25) is 0 Å². The van der Waals surface area contributed by atoms with Crippen molar-refractivity contribution in [1.29, 1.82) is 0 Å². The van der Waals surface area contributed by atoms with E-state index in [-0.39, 0.29) is 23.9 Å². The summed E-state index contributed by atoms with van der Waals surface area (Å²) in [5, 5.41) is 18.9. The zero-order valence-electron chi connectivity index (χ0n) is 12.3. The van der Waals surface area contributed by atoms with Crippen LogP contribution in [0.15, 0.2) is 42.5 Å². The highest BCUT2D eigenvalue weighted by atomic mass is 16.5. The summed E-state index contributed by atoms with van der Waals surface area (Å²) >= 11 is 0. The van der Waals surface area contributed by atoms with Gasteiger partial charge in [0.15, 0.2) is 0 Å². The van der Waals surface area contributed by atoms with Crippen molar-refractivity contribution in [2.45, 2.75) is 38.4 Å². The number of rotatable bonds is 3. The van der Waals surface area contributed by atoms with Gasteiger partial charge in [-0.1, -0.05) is 31.2 Å². The van der Waals surface area contributed by atoms with E-state index in [1.807, 2.05) is 24.3 Å². The number of hydrogen-bond acceptors (Lipinski definition) is 3. The molecule has 110 valence electrons. The molecule has 2 aromatic carbocycles. The Hall–Kier alpha value is -2.00. The van der Waals surface area contributed by atoms with Crippen LogP contribution in [0.3, 0.4) is 0 Å². The van der Waals surface area contributed by atoms with Crippen LogP contribution in [0.5, 0.6) is 11.5 Å². The first-order chi connectivity index (χ1) is 10.0. The van der Waals surface area contributed by atoms with Crippen molar-refractivity contribution in [2.75, 3.05) is 0 Å². The SMILES string of the molecule is CC(O)Cc1ccc2c(c1)C(C)C(c1ccc(O)cc1)O2. The second-order valence-corrected chi connectivity index (χ2v) is 5.84. The fourth-order valence-electron chi connectivity index (χ4n) is 2.95. The van der Waals surface area contributed by atoms with Gasteiger partial charge in [-0.25, -0.2) is 0 Å². The second-order valence-electron chi connectivity index (χ2n) is 5.84. The molecule has 1 aliphatic rings. The first-order valence-corrected chi connectivity index (χ1v) is 7.31. The highest BCUT2D eigenvalue weighted by molar-refractivity contribution is 5.45. The van der Waals surface area contributed by atoms with Crippen LogP contribution in [0, 0.1) is 0 Å². The molecule has 0 radical (unpaired) electrons. The Morgan fingerprint density at radius 1 is 1.14 bits per heavy atom. The van der Waals surface area contributed by atoms with Gasteiger partial charge in [0.2, 0.25) is 0 Å². The number of aliphatic hydroxyl groups excluding tert-OH is 1. The zero-order chi connectivity index (χ0) is 15.0. The van der Waals surface area contributed by atoms with Crippen molar-refractivity contribution in [3.8, 4) is 11.5 Å². The minimum atomic E-state index is -0.339. The Labute approximate surface area is 124 Å². The maximum Gasteiger partial charge on any atom is 0.130 e. The Morgan fingerprint density at radius 3 is 2.52 bits per heavy atom. The van der Waals surface area contributed by atoms with Crippen molar-refractivity contribution in [3.05, 3.63) is 59.2 Å². The number of phenolic OH excluding ortho intramolecular Hbond substituents is 1. The van der Waals surface area contributed by atoms with E-state index in [0.29, 0.717) is 6.42 Å². The molecular weight excluding hydrogens is 264 g/mol. The molecule has 21 heavy (non-hydrogen) atoms. The summed E-state index contributed by atoms with van der Waals surface area (Å²) in [5.41, 5.74) is 3.38. The average molecular weight is 284 g/mol. The number of aromatic hydroxyl groups is 1. The fourth-order valence-corrected chi connectivity index (χ4v) is 2.95. The van der Waals surface area contributed by atoms with E-state index in [0.717, 1.165) is 16.9 Å². The lowest BCUT2D eigenvalue weighted by Gasteiger charge is -2.15. The van der Waals surface area contributed by atoms with E-state index in [1.54, 1.807) is 19.1 Å². The summed E-state index contributed by atoms with van der Waals surface area (Å²) in [5.74, 6) is 1.43. The second kappa shape index (κ2) is 5.41. The van der Waals surface area contributed by atoms with Gasteiger partial charge in [-0.3, -0.25) is 0 Å². The summed E-state index contributed by atoms with van der Waals surface area (Å²) in [4.78, 5) is 0. The van der Waals surface area contributed by atoms with Crippen LogP contribution in [0.25, 0.3) is 0 Å². The molecule has 0 bridgehead atoms. The van der Waals surface area contributed by atoms with Crippen molar-refractivity contribution < 1.29 is 14.9 Å². The minimum Gasteiger partial charge on any atom is -0.508 e. The Kier molecular flexibility index (Phi) is 3.60. The van der Waals surface area contributed by atoms with Crippen molar-refractivity contribution >= 4 is 0 Å². The summed E-state index contributed by atoms with van der Waals surface area (Å²) in [6.45, 7) is 3.95. The lowest BCUT2D eigenvalue weighted by atomic mass is 9.91. The maximum atomic E-state index is 9.52. The quantitative estimate of drug-likeness (QED) is 0.906. The predicted molar refractivity (Wildman–Crippen MR) is 81.7 cm³/mol. The number of ether oxygens (including phenoxy) is 1. The van der Waals surface area contributed by atoms with Gasteiger partial charge in [-0.2, -0.15) is 0 Å². The molecular formula is C18H20O3. The zero-order valence-corrected chi connectivity index (χ0v) is 12.3. The van der Waals surface area contributed by atoms with Gasteiger partial charge in [0.1, 0.15) is 17.6 Å². The van der Waals surface area contributed by atoms with Gasteiger partial charge >= 0.3 is 0 Å². The molecule has 1 heterocycles.